The van der Waals surface area contributed by atoms with Crippen molar-refractivity contribution >= 4 is 0 Å². The summed E-state index contributed by atoms with van der Waals surface area (Å²) in [5.41, 5.74) is 0. The van der Waals surface area contributed by atoms with E-state index in [-0.39, 0.29) is 34.3 Å². The van der Waals surface area contributed by atoms with Gasteiger partial charge in [-0.25, -0.2) is 0 Å². The van der Waals surface area contributed by atoms with Crippen molar-refractivity contribution in [2.75, 3.05) is 13.2 Å². The van der Waals surface area contributed by atoms with Crippen molar-refractivity contribution in [3.8, 4) is 0 Å². The van der Waals surface area contributed by atoms with E-state index in [2.05, 4.69) is 0 Å². The molecule has 0 unspecified atom stereocenters. The monoisotopic (exact) mass is 381 g/mol. The molecule has 0 aliphatic rings. The van der Waals surface area contributed by atoms with Crippen LogP contribution >= 0.6 is 0 Å². The van der Waals surface area contributed by atoms with Gasteiger partial charge in [-0.2, -0.15) is 0 Å². The standard InChI is InChI=1S/C2H6O2.2NO3.Pt/c3-1-2-4;2*2-1(3)4;/h3-4H,1-2H2;;;/q;2*-1;+2. The van der Waals surface area contributed by atoms with Gasteiger partial charge in [0.15, 0.2) is 0 Å². The molecule has 0 aromatic carbocycles. The number of aliphatic hydroxyl groups is 2. The Bertz CT molecular complexity index is 96.7. The molecule has 0 aromatic heterocycles. The molecule has 2 N–H and O–H groups in total. The number of rotatable bonds is 1. The van der Waals surface area contributed by atoms with Gasteiger partial charge in [-0.1, -0.05) is 0 Å². The Kier molecular flexibility index (Phi) is 39.2. The summed E-state index contributed by atoms with van der Waals surface area (Å²) in [7, 11) is 0. The zero-order valence-electron chi connectivity index (χ0n) is 5.97. The van der Waals surface area contributed by atoms with Crippen LogP contribution in [0.15, 0.2) is 0 Å². The van der Waals surface area contributed by atoms with Gasteiger partial charge < -0.3 is 40.9 Å². The van der Waals surface area contributed by atoms with Crippen molar-refractivity contribution in [1.29, 1.82) is 0 Å². The summed E-state index contributed by atoms with van der Waals surface area (Å²) >= 11 is 0. The summed E-state index contributed by atoms with van der Waals surface area (Å²) < 4.78 is 0. The van der Waals surface area contributed by atoms with Crippen molar-refractivity contribution in [3.05, 3.63) is 30.6 Å². The summed E-state index contributed by atoms with van der Waals surface area (Å²) in [5.74, 6) is 0. The first-order valence-corrected chi connectivity index (χ1v) is 2.23. The first-order chi connectivity index (χ1) is 5.38. The van der Waals surface area contributed by atoms with Crippen LogP contribution in [0.3, 0.4) is 0 Å². The van der Waals surface area contributed by atoms with Gasteiger partial charge >= 0.3 is 21.1 Å². The van der Waals surface area contributed by atoms with Crippen molar-refractivity contribution in [2.45, 2.75) is 0 Å². The molecule has 0 rings (SSSR count). The summed E-state index contributed by atoms with van der Waals surface area (Å²) in [6.45, 7) is -0.250. The molecule has 0 bridgehead atoms. The Morgan fingerprint density at radius 3 is 0.923 bits per heavy atom. The van der Waals surface area contributed by atoms with Gasteiger partial charge in [0, 0.05) is 0 Å². The van der Waals surface area contributed by atoms with Crippen molar-refractivity contribution in [3.63, 3.8) is 0 Å². The third-order valence-corrected chi connectivity index (χ3v) is 0.1000. The van der Waals surface area contributed by atoms with Gasteiger partial charge in [0.1, 0.15) is 0 Å². The van der Waals surface area contributed by atoms with Crippen LogP contribution in [0.4, 0.5) is 0 Å². The van der Waals surface area contributed by atoms with Crippen molar-refractivity contribution in [1.82, 2.24) is 0 Å². The minimum atomic E-state index is -1.75. The van der Waals surface area contributed by atoms with Crippen molar-refractivity contribution < 1.29 is 41.5 Å². The van der Waals surface area contributed by atoms with Gasteiger partial charge in [-0.15, -0.1) is 0 Å². The van der Waals surface area contributed by atoms with E-state index in [0.29, 0.717) is 0 Å². The smallest absolute Gasteiger partial charge is 0.394 e. The predicted molar refractivity (Wildman–Crippen MR) is 34.9 cm³/mol. The van der Waals surface area contributed by atoms with Crippen LogP contribution in [0.2, 0.25) is 0 Å². The number of hydrogen-bond donors (Lipinski definition) is 2. The second kappa shape index (κ2) is 22.4. The molecule has 0 saturated carbocycles. The number of nitrogens with zero attached hydrogens (tertiary/aromatic N) is 2. The molecule has 13 heavy (non-hydrogen) atoms. The normalized spacial score (nSPS) is 6.00. The third-order valence-electron chi connectivity index (χ3n) is 0.1000. The van der Waals surface area contributed by atoms with Crippen LogP contribution in [0.1, 0.15) is 0 Å². The largest absolute Gasteiger partial charge is 2.00 e. The number of aliphatic hydroxyl groups excluding tert-OH is 2. The molecule has 0 amide bonds. The Morgan fingerprint density at radius 1 is 0.846 bits per heavy atom. The fourth-order valence-corrected chi connectivity index (χ4v) is 0. The van der Waals surface area contributed by atoms with E-state index in [1.54, 1.807) is 0 Å². The van der Waals surface area contributed by atoms with E-state index in [9.17, 15) is 0 Å². The Morgan fingerprint density at radius 2 is 0.923 bits per heavy atom. The minimum Gasteiger partial charge on any atom is -0.394 e. The zero-order chi connectivity index (χ0) is 10.6. The molecule has 10 nitrogen and oxygen atoms in total. The van der Waals surface area contributed by atoms with Crippen LogP contribution in [0.5, 0.6) is 0 Å². The Labute approximate surface area is 85.9 Å². The van der Waals surface area contributed by atoms with Crippen LogP contribution < -0.4 is 0 Å². The van der Waals surface area contributed by atoms with Gasteiger partial charge in [0.25, 0.3) is 0 Å². The first-order valence-electron chi connectivity index (χ1n) is 2.23. The fraction of sp³-hybridized carbons (Fsp3) is 1.00. The zero-order valence-corrected chi connectivity index (χ0v) is 8.24. The Hall–Kier alpha value is -0.992. The molecule has 0 aliphatic carbocycles. The summed E-state index contributed by atoms with van der Waals surface area (Å²) in [4.78, 5) is 16.5. The third kappa shape index (κ3) is 12900000. The van der Waals surface area contributed by atoms with E-state index < -0.39 is 10.2 Å². The maximum absolute atomic E-state index is 8.25. The maximum atomic E-state index is 8.25. The van der Waals surface area contributed by atoms with Gasteiger partial charge in [-0.05, 0) is 0 Å². The molecule has 0 heterocycles. The van der Waals surface area contributed by atoms with Gasteiger partial charge in [0.2, 0.25) is 0 Å². The molecule has 0 saturated heterocycles. The SMILES string of the molecule is O=[N+]([O-])[O-].O=[N+]([O-])[O-].OCCO.[Pt+2]. The molecule has 0 aliphatic heterocycles. The molecule has 0 fully saturated rings. The predicted octanol–water partition coefficient (Wildman–Crippen LogP) is -1.51. The molecule has 0 atom stereocenters. The van der Waals surface area contributed by atoms with Gasteiger partial charge in [-0.3, -0.25) is 0 Å². The van der Waals surface area contributed by atoms with E-state index in [0.717, 1.165) is 0 Å². The molecule has 0 radical (unpaired) electrons. The average Bonchev–Trinajstić information content (AvgIpc) is 1.85. The quantitative estimate of drug-likeness (QED) is 0.407. The molecule has 0 aromatic rings. The molecule has 82 valence electrons. The van der Waals surface area contributed by atoms with Crippen LogP contribution in [-0.2, 0) is 21.1 Å². The van der Waals surface area contributed by atoms with Crippen LogP contribution in [-0.4, -0.2) is 33.6 Å². The maximum Gasteiger partial charge on any atom is 2.00 e. The molecule has 0 spiro atoms. The second-order valence-electron chi connectivity index (χ2n) is 0.894. The molecular weight excluding hydrogens is 375 g/mol. The molecule has 11 heteroatoms. The van der Waals surface area contributed by atoms with Crippen LogP contribution in [0.25, 0.3) is 0 Å². The fourth-order valence-electron chi connectivity index (χ4n) is 0. The summed E-state index contributed by atoms with van der Waals surface area (Å²) in [6, 6.07) is 0. The first kappa shape index (κ1) is 22.7. The topological polar surface area (TPSA) is 173 Å². The van der Waals surface area contributed by atoms with Crippen molar-refractivity contribution in [2.24, 2.45) is 0 Å². The summed E-state index contributed by atoms with van der Waals surface area (Å²) in [5, 5.41) is 44.8. The number of hydrogen-bond acceptors (Lipinski definition) is 8. The van der Waals surface area contributed by atoms with E-state index >= 15 is 0 Å². The van der Waals surface area contributed by atoms with E-state index in [1.807, 2.05) is 0 Å². The molecular formula is C2H6N2O8Pt. The second-order valence-corrected chi connectivity index (χ2v) is 0.894. The van der Waals surface area contributed by atoms with E-state index in [1.165, 1.54) is 0 Å². The van der Waals surface area contributed by atoms with Gasteiger partial charge in [0.05, 0.1) is 23.4 Å². The average molecular weight is 381 g/mol. The minimum absolute atomic E-state index is 0. The van der Waals surface area contributed by atoms with E-state index in [4.69, 9.17) is 40.9 Å². The Balaban J connectivity index is -0.0000000450. The van der Waals surface area contributed by atoms with Crippen LogP contribution in [0, 0.1) is 30.6 Å². The summed E-state index contributed by atoms with van der Waals surface area (Å²) in [6.07, 6.45) is 0.